The number of nitrogens with zero attached hydrogens (tertiary/aromatic N) is 2. The SMILES string of the molecule is O=C(O)c1cccc(Nc2cc(Nc3ccccc3F)ncn2)c1. The highest BCUT2D eigenvalue weighted by molar-refractivity contribution is 5.89. The standard InChI is InChI=1S/C17H13FN4O2/c18-13-6-1-2-7-14(13)22-16-9-15(19-10-20-16)21-12-5-3-4-11(8-12)17(23)24/h1-10H,(H,23,24)(H2,19,20,21,22). The predicted molar refractivity (Wildman–Crippen MR) is 88.4 cm³/mol. The number of para-hydroxylation sites is 1. The van der Waals surface area contributed by atoms with Crippen LogP contribution < -0.4 is 10.6 Å². The average molecular weight is 324 g/mol. The van der Waals surface area contributed by atoms with Gasteiger partial charge in [-0.1, -0.05) is 18.2 Å². The number of aromatic nitrogens is 2. The third-order valence-electron chi connectivity index (χ3n) is 3.19. The maximum atomic E-state index is 13.7. The van der Waals surface area contributed by atoms with Gasteiger partial charge in [0.1, 0.15) is 23.8 Å². The van der Waals surface area contributed by atoms with Gasteiger partial charge < -0.3 is 15.7 Å². The Balaban J connectivity index is 1.79. The van der Waals surface area contributed by atoms with Crippen LogP contribution in [0, 0.1) is 5.82 Å². The fourth-order valence-corrected chi connectivity index (χ4v) is 2.07. The van der Waals surface area contributed by atoms with E-state index in [2.05, 4.69) is 20.6 Å². The van der Waals surface area contributed by atoms with Crippen LogP contribution in [0.25, 0.3) is 0 Å². The third kappa shape index (κ3) is 3.64. The van der Waals surface area contributed by atoms with Crippen molar-refractivity contribution in [2.45, 2.75) is 0 Å². The number of hydrogen-bond donors (Lipinski definition) is 3. The first-order valence-electron chi connectivity index (χ1n) is 7.06. The van der Waals surface area contributed by atoms with Crippen LogP contribution >= 0.6 is 0 Å². The van der Waals surface area contributed by atoms with E-state index in [0.717, 1.165) is 0 Å². The summed E-state index contributed by atoms with van der Waals surface area (Å²) in [6.45, 7) is 0. The van der Waals surface area contributed by atoms with E-state index in [1.807, 2.05) is 0 Å². The summed E-state index contributed by atoms with van der Waals surface area (Å²) < 4.78 is 13.7. The molecule has 0 aliphatic carbocycles. The number of anilines is 4. The van der Waals surface area contributed by atoms with Crippen LogP contribution in [-0.4, -0.2) is 21.0 Å². The highest BCUT2D eigenvalue weighted by atomic mass is 19.1. The summed E-state index contributed by atoms with van der Waals surface area (Å²) in [6.07, 6.45) is 1.33. The first-order chi connectivity index (χ1) is 11.6. The molecule has 0 aliphatic rings. The smallest absolute Gasteiger partial charge is 0.335 e. The van der Waals surface area contributed by atoms with Gasteiger partial charge >= 0.3 is 5.97 Å². The van der Waals surface area contributed by atoms with Gasteiger partial charge in [0.2, 0.25) is 0 Å². The number of carboxylic acid groups (broad SMARTS) is 1. The minimum Gasteiger partial charge on any atom is -0.478 e. The van der Waals surface area contributed by atoms with Crippen LogP contribution in [0.2, 0.25) is 0 Å². The lowest BCUT2D eigenvalue weighted by molar-refractivity contribution is 0.0697. The maximum Gasteiger partial charge on any atom is 0.335 e. The summed E-state index contributed by atoms with van der Waals surface area (Å²) >= 11 is 0. The van der Waals surface area contributed by atoms with Crippen molar-refractivity contribution in [2.75, 3.05) is 10.6 Å². The van der Waals surface area contributed by atoms with Gasteiger partial charge in [0.25, 0.3) is 0 Å². The second-order valence-corrected chi connectivity index (χ2v) is 4.90. The lowest BCUT2D eigenvalue weighted by atomic mass is 10.2. The van der Waals surface area contributed by atoms with E-state index in [1.54, 1.807) is 36.4 Å². The molecule has 0 radical (unpaired) electrons. The Kier molecular flexibility index (Phi) is 4.33. The highest BCUT2D eigenvalue weighted by Crippen LogP contribution is 2.21. The first kappa shape index (κ1) is 15.4. The van der Waals surface area contributed by atoms with Crippen LogP contribution in [0.5, 0.6) is 0 Å². The van der Waals surface area contributed by atoms with Crippen LogP contribution in [0.1, 0.15) is 10.4 Å². The zero-order valence-electron chi connectivity index (χ0n) is 12.4. The molecule has 3 rings (SSSR count). The Morgan fingerprint density at radius 2 is 1.71 bits per heavy atom. The lowest BCUT2D eigenvalue weighted by Gasteiger charge is -2.09. The zero-order chi connectivity index (χ0) is 16.9. The Labute approximate surface area is 137 Å². The number of halogens is 1. The molecule has 6 nitrogen and oxygen atoms in total. The fourth-order valence-electron chi connectivity index (χ4n) is 2.07. The van der Waals surface area contributed by atoms with Crippen LogP contribution in [-0.2, 0) is 0 Å². The van der Waals surface area contributed by atoms with Gasteiger partial charge in [0, 0.05) is 11.8 Å². The van der Waals surface area contributed by atoms with Crippen LogP contribution in [0.4, 0.5) is 27.4 Å². The minimum absolute atomic E-state index is 0.166. The Hall–Kier alpha value is -3.48. The van der Waals surface area contributed by atoms with Gasteiger partial charge in [0.05, 0.1) is 11.3 Å². The Morgan fingerprint density at radius 3 is 2.46 bits per heavy atom. The van der Waals surface area contributed by atoms with Gasteiger partial charge in [-0.3, -0.25) is 0 Å². The normalized spacial score (nSPS) is 10.2. The largest absolute Gasteiger partial charge is 0.478 e. The van der Waals surface area contributed by atoms with Gasteiger partial charge in [0.15, 0.2) is 0 Å². The maximum absolute atomic E-state index is 13.7. The van der Waals surface area contributed by atoms with E-state index in [9.17, 15) is 9.18 Å². The highest BCUT2D eigenvalue weighted by Gasteiger charge is 2.06. The molecule has 0 spiro atoms. The van der Waals surface area contributed by atoms with Gasteiger partial charge in [-0.25, -0.2) is 19.2 Å². The molecular formula is C17H13FN4O2. The van der Waals surface area contributed by atoms with E-state index in [-0.39, 0.29) is 11.4 Å². The first-order valence-corrected chi connectivity index (χ1v) is 7.06. The number of aromatic carboxylic acids is 1. The molecule has 24 heavy (non-hydrogen) atoms. The molecule has 0 saturated carbocycles. The summed E-state index contributed by atoms with van der Waals surface area (Å²) in [4.78, 5) is 19.1. The van der Waals surface area contributed by atoms with Crippen molar-refractivity contribution in [3.8, 4) is 0 Å². The number of carboxylic acids is 1. The molecule has 0 amide bonds. The number of rotatable bonds is 5. The van der Waals surface area contributed by atoms with Crippen molar-refractivity contribution in [2.24, 2.45) is 0 Å². The number of carbonyl (C=O) groups is 1. The molecule has 7 heteroatoms. The summed E-state index contributed by atoms with van der Waals surface area (Å²) in [6, 6.07) is 14.2. The van der Waals surface area contributed by atoms with E-state index in [4.69, 9.17) is 5.11 Å². The number of hydrogen-bond acceptors (Lipinski definition) is 5. The van der Waals surface area contributed by atoms with Gasteiger partial charge in [-0.2, -0.15) is 0 Å². The monoisotopic (exact) mass is 324 g/mol. The molecule has 2 aromatic carbocycles. The van der Waals surface area contributed by atoms with Crippen molar-refractivity contribution < 1.29 is 14.3 Å². The number of nitrogens with one attached hydrogen (secondary N) is 2. The summed E-state index contributed by atoms with van der Waals surface area (Å²) in [5, 5.41) is 14.9. The van der Waals surface area contributed by atoms with Crippen molar-refractivity contribution >= 4 is 29.0 Å². The van der Waals surface area contributed by atoms with Crippen molar-refractivity contribution in [1.29, 1.82) is 0 Å². The quantitative estimate of drug-likeness (QED) is 0.662. The molecule has 0 saturated heterocycles. The van der Waals surface area contributed by atoms with Gasteiger partial charge in [-0.15, -0.1) is 0 Å². The number of benzene rings is 2. The van der Waals surface area contributed by atoms with E-state index < -0.39 is 5.97 Å². The molecule has 3 N–H and O–H groups in total. The van der Waals surface area contributed by atoms with E-state index >= 15 is 0 Å². The van der Waals surface area contributed by atoms with Crippen molar-refractivity contribution in [3.05, 3.63) is 72.3 Å². The Morgan fingerprint density at radius 1 is 0.958 bits per heavy atom. The summed E-state index contributed by atoms with van der Waals surface area (Å²) in [7, 11) is 0. The Bertz CT molecular complexity index is 886. The molecule has 0 unspecified atom stereocenters. The second-order valence-electron chi connectivity index (χ2n) is 4.90. The van der Waals surface area contributed by atoms with E-state index in [1.165, 1.54) is 24.5 Å². The molecular weight excluding hydrogens is 311 g/mol. The van der Waals surface area contributed by atoms with Gasteiger partial charge in [-0.05, 0) is 30.3 Å². The predicted octanol–water partition coefficient (Wildman–Crippen LogP) is 3.80. The molecule has 1 heterocycles. The average Bonchev–Trinajstić information content (AvgIpc) is 2.57. The van der Waals surface area contributed by atoms with Crippen molar-refractivity contribution in [3.63, 3.8) is 0 Å². The third-order valence-corrected chi connectivity index (χ3v) is 3.19. The molecule has 0 aliphatic heterocycles. The van der Waals surface area contributed by atoms with Crippen LogP contribution in [0.3, 0.4) is 0 Å². The molecule has 3 aromatic rings. The fraction of sp³-hybridized carbons (Fsp3) is 0. The van der Waals surface area contributed by atoms with E-state index in [0.29, 0.717) is 23.0 Å². The minimum atomic E-state index is -1.01. The molecule has 0 atom stereocenters. The molecule has 0 bridgehead atoms. The molecule has 120 valence electrons. The van der Waals surface area contributed by atoms with Crippen molar-refractivity contribution in [1.82, 2.24) is 9.97 Å². The van der Waals surface area contributed by atoms with Crippen LogP contribution in [0.15, 0.2) is 60.9 Å². The topological polar surface area (TPSA) is 87.1 Å². The molecule has 1 aromatic heterocycles. The lowest BCUT2D eigenvalue weighted by Crippen LogP contribution is -2.01. The summed E-state index contributed by atoms with van der Waals surface area (Å²) in [5.41, 5.74) is 1.04. The molecule has 0 fully saturated rings. The zero-order valence-corrected chi connectivity index (χ0v) is 12.4. The summed E-state index contributed by atoms with van der Waals surface area (Å²) in [5.74, 6) is -0.540. The second kappa shape index (κ2) is 6.74.